The van der Waals surface area contributed by atoms with Crippen molar-refractivity contribution in [2.75, 3.05) is 11.9 Å². The maximum absolute atomic E-state index is 12.1. The predicted molar refractivity (Wildman–Crippen MR) is 127 cm³/mol. The molecule has 6 nitrogen and oxygen atoms in total. The second kappa shape index (κ2) is 9.98. The summed E-state index contributed by atoms with van der Waals surface area (Å²) >= 11 is 1.32. The number of fused-ring (bicyclic) bond motifs is 1. The second-order valence-electron chi connectivity index (χ2n) is 7.00. The molecule has 2 aromatic carbocycles. The molecular formula is C25H21N3O3S. The van der Waals surface area contributed by atoms with Gasteiger partial charge in [0.05, 0.1) is 11.2 Å². The summed E-state index contributed by atoms with van der Waals surface area (Å²) in [5.41, 5.74) is 4.62. The minimum atomic E-state index is -0.607. The zero-order valence-electron chi connectivity index (χ0n) is 17.4. The number of carbonyl (C=O) groups excluding carboxylic acids is 2. The van der Waals surface area contributed by atoms with E-state index in [1.54, 1.807) is 12.3 Å². The van der Waals surface area contributed by atoms with E-state index in [0.717, 1.165) is 34.1 Å². The molecule has 1 N–H and O–H groups in total. The number of nitrogens with zero attached hydrogens (tertiary/aromatic N) is 2. The Morgan fingerprint density at radius 1 is 1.09 bits per heavy atom. The number of hydrogen-bond donors (Lipinski definition) is 1. The summed E-state index contributed by atoms with van der Waals surface area (Å²) in [5.74, 6) is -1.05. The summed E-state index contributed by atoms with van der Waals surface area (Å²) in [6.45, 7) is 1.71. The molecule has 4 rings (SSSR count). The van der Waals surface area contributed by atoms with E-state index in [1.807, 2.05) is 47.8 Å². The van der Waals surface area contributed by atoms with Crippen molar-refractivity contribution in [3.8, 4) is 11.3 Å². The van der Waals surface area contributed by atoms with Gasteiger partial charge in [0.2, 0.25) is 0 Å². The van der Waals surface area contributed by atoms with Crippen molar-refractivity contribution in [2.24, 2.45) is 0 Å². The highest BCUT2D eigenvalue weighted by Gasteiger charge is 2.10. The molecule has 2 heterocycles. The first kappa shape index (κ1) is 21.4. The Hall–Kier alpha value is -3.84. The topological polar surface area (TPSA) is 81.2 Å². The molecule has 1 amide bonds. The smallest absolute Gasteiger partial charge is 0.331 e. The van der Waals surface area contributed by atoms with Gasteiger partial charge < -0.3 is 4.74 Å². The lowest BCUT2D eigenvalue weighted by Crippen LogP contribution is -2.20. The number of para-hydroxylation sites is 1. The molecule has 0 radical (unpaired) electrons. The Labute approximate surface area is 189 Å². The van der Waals surface area contributed by atoms with E-state index in [2.05, 4.69) is 34.3 Å². The molecule has 32 heavy (non-hydrogen) atoms. The van der Waals surface area contributed by atoms with Crippen LogP contribution in [-0.4, -0.2) is 28.5 Å². The van der Waals surface area contributed by atoms with Crippen LogP contribution in [0.1, 0.15) is 18.1 Å². The van der Waals surface area contributed by atoms with Crippen LogP contribution in [0.15, 0.2) is 72.3 Å². The van der Waals surface area contributed by atoms with E-state index in [0.29, 0.717) is 5.13 Å². The van der Waals surface area contributed by atoms with Gasteiger partial charge in [-0.3, -0.25) is 15.1 Å². The third-order valence-corrected chi connectivity index (χ3v) is 5.57. The molecule has 0 saturated carbocycles. The first-order chi connectivity index (χ1) is 15.6. The van der Waals surface area contributed by atoms with Crippen LogP contribution >= 0.6 is 11.3 Å². The lowest BCUT2D eigenvalue weighted by molar-refractivity contribution is -0.142. The molecule has 0 saturated heterocycles. The fourth-order valence-corrected chi connectivity index (χ4v) is 3.87. The quantitative estimate of drug-likeness (QED) is 0.317. The van der Waals surface area contributed by atoms with Gasteiger partial charge in [0.15, 0.2) is 11.7 Å². The number of anilines is 1. The molecule has 0 spiro atoms. The summed E-state index contributed by atoms with van der Waals surface area (Å²) in [5, 5.41) is 5.98. The lowest BCUT2D eigenvalue weighted by Gasteiger charge is -2.03. The van der Waals surface area contributed by atoms with E-state index in [4.69, 9.17) is 4.74 Å². The number of benzene rings is 2. The van der Waals surface area contributed by atoms with Crippen LogP contribution in [0.4, 0.5) is 5.13 Å². The highest BCUT2D eigenvalue weighted by Crippen LogP contribution is 2.25. The van der Waals surface area contributed by atoms with E-state index in [-0.39, 0.29) is 0 Å². The molecule has 0 fully saturated rings. The van der Waals surface area contributed by atoms with E-state index < -0.39 is 18.5 Å². The van der Waals surface area contributed by atoms with Gasteiger partial charge >= 0.3 is 5.97 Å². The molecular weight excluding hydrogens is 422 g/mol. The summed E-state index contributed by atoms with van der Waals surface area (Å²) in [6, 6.07) is 17.7. The number of nitrogens with one attached hydrogen (secondary N) is 1. The first-order valence-corrected chi connectivity index (χ1v) is 11.0. The molecule has 2 aromatic heterocycles. The maximum atomic E-state index is 12.1. The summed E-state index contributed by atoms with van der Waals surface area (Å²) in [6.07, 6.45) is 5.60. The zero-order chi connectivity index (χ0) is 22.3. The van der Waals surface area contributed by atoms with E-state index in [9.17, 15) is 9.59 Å². The van der Waals surface area contributed by atoms with Gasteiger partial charge in [0.1, 0.15) is 0 Å². The van der Waals surface area contributed by atoms with Crippen molar-refractivity contribution < 1.29 is 14.3 Å². The summed E-state index contributed by atoms with van der Waals surface area (Å²) in [4.78, 5) is 32.9. The van der Waals surface area contributed by atoms with Crippen molar-refractivity contribution in [3.05, 3.63) is 83.4 Å². The number of esters is 1. The summed E-state index contributed by atoms with van der Waals surface area (Å²) < 4.78 is 5.05. The van der Waals surface area contributed by atoms with Crippen molar-refractivity contribution in [1.29, 1.82) is 0 Å². The van der Waals surface area contributed by atoms with Crippen LogP contribution in [0.25, 0.3) is 28.2 Å². The molecule has 0 aliphatic rings. The number of ether oxygens (including phenoxy) is 1. The molecule has 0 aliphatic carbocycles. The molecule has 7 heteroatoms. The van der Waals surface area contributed by atoms with E-state index >= 15 is 0 Å². The standard InChI is InChI=1S/C25H21N3O3S/c1-2-17-8-10-18(11-9-17)21-16-32-25(27-21)28-22(29)15-31-23(30)13-12-20-6-3-5-19-7-4-14-26-24(19)20/h3-14,16H,2,15H2,1H3,(H,27,28,29)/b13-12+. The number of thiazole rings is 1. The third kappa shape index (κ3) is 5.25. The second-order valence-corrected chi connectivity index (χ2v) is 7.86. The van der Waals surface area contributed by atoms with Gasteiger partial charge in [-0.1, -0.05) is 55.5 Å². The number of carbonyl (C=O) groups is 2. The molecule has 0 unspecified atom stereocenters. The Balaban J connectivity index is 1.30. The number of rotatable bonds is 7. The van der Waals surface area contributed by atoms with Gasteiger partial charge in [-0.2, -0.15) is 0 Å². The number of hydrogen-bond acceptors (Lipinski definition) is 6. The SMILES string of the molecule is CCc1ccc(-c2csc(NC(=O)COC(=O)/C=C/c3cccc4cccnc34)n2)cc1. The monoisotopic (exact) mass is 443 g/mol. The van der Waals surface area contributed by atoms with Gasteiger partial charge in [-0.15, -0.1) is 11.3 Å². The molecule has 0 bridgehead atoms. The maximum Gasteiger partial charge on any atom is 0.331 e. The highest BCUT2D eigenvalue weighted by atomic mass is 32.1. The van der Waals surface area contributed by atoms with Crippen LogP contribution < -0.4 is 5.32 Å². The number of amides is 1. The third-order valence-electron chi connectivity index (χ3n) is 4.82. The van der Waals surface area contributed by atoms with Gasteiger partial charge in [0.25, 0.3) is 5.91 Å². The van der Waals surface area contributed by atoms with Gasteiger partial charge in [0, 0.05) is 34.2 Å². The molecule has 0 atom stereocenters. The molecule has 160 valence electrons. The fourth-order valence-electron chi connectivity index (χ4n) is 3.14. The van der Waals surface area contributed by atoms with Crippen LogP contribution in [0.2, 0.25) is 0 Å². The predicted octanol–water partition coefficient (Wildman–Crippen LogP) is 5.12. The van der Waals surface area contributed by atoms with Gasteiger partial charge in [-0.25, -0.2) is 9.78 Å². The lowest BCUT2D eigenvalue weighted by atomic mass is 10.1. The average Bonchev–Trinajstić information content (AvgIpc) is 3.29. The zero-order valence-corrected chi connectivity index (χ0v) is 18.3. The normalized spacial score (nSPS) is 11.0. The van der Waals surface area contributed by atoms with Crippen molar-refractivity contribution >= 4 is 45.3 Å². The fraction of sp³-hybridized carbons (Fsp3) is 0.120. The first-order valence-electron chi connectivity index (χ1n) is 10.2. The summed E-state index contributed by atoms with van der Waals surface area (Å²) in [7, 11) is 0. The van der Waals surface area contributed by atoms with Crippen molar-refractivity contribution in [3.63, 3.8) is 0 Å². The number of pyridine rings is 1. The van der Waals surface area contributed by atoms with Crippen LogP contribution in [0.3, 0.4) is 0 Å². The number of aromatic nitrogens is 2. The van der Waals surface area contributed by atoms with Crippen LogP contribution in [0.5, 0.6) is 0 Å². The number of aryl methyl sites for hydroxylation is 1. The Morgan fingerprint density at radius 2 is 1.91 bits per heavy atom. The van der Waals surface area contributed by atoms with Crippen LogP contribution in [-0.2, 0) is 20.7 Å². The Morgan fingerprint density at radius 3 is 2.72 bits per heavy atom. The van der Waals surface area contributed by atoms with Gasteiger partial charge in [-0.05, 0) is 24.1 Å². The molecule has 4 aromatic rings. The highest BCUT2D eigenvalue weighted by molar-refractivity contribution is 7.14. The van der Waals surface area contributed by atoms with Crippen molar-refractivity contribution in [1.82, 2.24) is 9.97 Å². The van der Waals surface area contributed by atoms with E-state index in [1.165, 1.54) is 23.0 Å². The van der Waals surface area contributed by atoms with Crippen molar-refractivity contribution in [2.45, 2.75) is 13.3 Å². The Bertz CT molecular complexity index is 1270. The minimum Gasteiger partial charge on any atom is -0.452 e. The largest absolute Gasteiger partial charge is 0.452 e. The minimum absolute atomic E-state index is 0.392. The molecule has 0 aliphatic heterocycles. The Kier molecular flexibility index (Phi) is 6.67. The average molecular weight is 444 g/mol. The van der Waals surface area contributed by atoms with Crippen LogP contribution in [0, 0.1) is 0 Å².